The Labute approximate surface area is 215 Å². The first-order valence-corrected chi connectivity index (χ1v) is 11.9. The summed E-state index contributed by atoms with van der Waals surface area (Å²) in [4.78, 5) is 13.9. The lowest BCUT2D eigenvalue weighted by Gasteiger charge is -2.36. The van der Waals surface area contributed by atoms with Crippen LogP contribution in [0.15, 0.2) is 39.7 Å². The van der Waals surface area contributed by atoms with E-state index in [0.717, 1.165) is 81.2 Å². The Bertz CT molecular complexity index is 853. The van der Waals surface area contributed by atoms with Crippen LogP contribution in [0, 0.1) is 19.8 Å². The van der Waals surface area contributed by atoms with Crippen molar-refractivity contribution < 1.29 is 9.15 Å². The lowest BCUT2D eigenvalue weighted by Crippen LogP contribution is -2.49. The van der Waals surface area contributed by atoms with E-state index in [1.165, 1.54) is 12.8 Å². The molecule has 2 fully saturated rings. The van der Waals surface area contributed by atoms with Gasteiger partial charge in [-0.3, -0.25) is 9.89 Å². The molecule has 0 aliphatic carbocycles. The van der Waals surface area contributed by atoms with Crippen LogP contribution in [0.5, 0.6) is 5.75 Å². The standard InChI is InChI=1S/C25H37N5O2.HI/c1-19-20(2)31-24(28-19)18-29-13-9-21(10-14-29)17-27-25(26-3)30-15-11-23(12-16-30)32-22-7-5-4-6-8-22;/h4-8,21,23H,9-18H2,1-3H3,(H,26,27);1H. The van der Waals surface area contributed by atoms with Gasteiger partial charge in [-0.25, -0.2) is 4.98 Å². The number of halogens is 1. The van der Waals surface area contributed by atoms with Crippen molar-refractivity contribution in [2.45, 2.75) is 52.2 Å². The van der Waals surface area contributed by atoms with Gasteiger partial charge in [-0.15, -0.1) is 24.0 Å². The monoisotopic (exact) mass is 567 g/mol. The molecule has 0 atom stereocenters. The summed E-state index contributed by atoms with van der Waals surface area (Å²) in [7, 11) is 1.89. The molecule has 0 bridgehead atoms. The summed E-state index contributed by atoms with van der Waals surface area (Å²) < 4.78 is 11.9. The van der Waals surface area contributed by atoms with Gasteiger partial charge in [0.1, 0.15) is 17.6 Å². The Morgan fingerprint density at radius 1 is 1.09 bits per heavy atom. The molecule has 8 heteroatoms. The van der Waals surface area contributed by atoms with E-state index in [9.17, 15) is 0 Å². The van der Waals surface area contributed by atoms with E-state index in [4.69, 9.17) is 9.15 Å². The summed E-state index contributed by atoms with van der Waals surface area (Å²) >= 11 is 0. The minimum atomic E-state index is 0. The fourth-order valence-electron chi connectivity index (χ4n) is 4.59. The van der Waals surface area contributed by atoms with Crippen LogP contribution in [0.2, 0.25) is 0 Å². The molecule has 1 N–H and O–H groups in total. The fourth-order valence-corrected chi connectivity index (χ4v) is 4.59. The smallest absolute Gasteiger partial charge is 0.208 e. The van der Waals surface area contributed by atoms with Gasteiger partial charge < -0.3 is 19.4 Å². The number of ether oxygens (including phenoxy) is 1. The zero-order chi connectivity index (χ0) is 22.3. The van der Waals surface area contributed by atoms with Gasteiger partial charge in [0.2, 0.25) is 5.89 Å². The third-order valence-electron chi connectivity index (χ3n) is 6.69. The van der Waals surface area contributed by atoms with Crippen LogP contribution >= 0.6 is 24.0 Å². The first-order valence-electron chi connectivity index (χ1n) is 11.9. The van der Waals surface area contributed by atoms with Crippen LogP contribution in [-0.2, 0) is 6.54 Å². The molecule has 182 valence electrons. The number of likely N-dealkylation sites (tertiary alicyclic amines) is 2. The Morgan fingerprint density at radius 3 is 2.39 bits per heavy atom. The number of aromatic nitrogens is 1. The predicted molar refractivity (Wildman–Crippen MR) is 142 cm³/mol. The number of hydrogen-bond acceptors (Lipinski definition) is 5. The van der Waals surface area contributed by atoms with Crippen molar-refractivity contribution in [2.75, 3.05) is 39.8 Å². The topological polar surface area (TPSA) is 66.1 Å². The molecule has 0 amide bonds. The van der Waals surface area contributed by atoms with E-state index in [1.54, 1.807) is 0 Å². The van der Waals surface area contributed by atoms with E-state index in [-0.39, 0.29) is 30.1 Å². The van der Waals surface area contributed by atoms with Crippen LogP contribution in [0.1, 0.15) is 43.0 Å². The highest BCUT2D eigenvalue weighted by atomic mass is 127. The molecule has 2 aliphatic heterocycles. The largest absolute Gasteiger partial charge is 0.490 e. The second-order valence-electron chi connectivity index (χ2n) is 9.01. The molecule has 3 heterocycles. The number of nitrogens with one attached hydrogen (secondary N) is 1. The number of guanidine groups is 1. The molecule has 4 rings (SSSR count). The van der Waals surface area contributed by atoms with Crippen molar-refractivity contribution in [3.8, 4) is 5.75 Å². The van der Waals surface area contributed by atoms with Gasteiger partial charge in [0.25, 0.3) is 0 Å². The number of aliphatic imine (C=N–C) groups is 1. The Kier molecular flexibility index (Phi) is 9.85. The number of nitrogens with zero attached hydrogens (tertiary/aromatic N) is 4. The van der Waals surface area contributed by atoms with Gasteiger partial charge >= 0.3 is 0 Å². The van der Waals surface area contributed by atoms with Gasteiger partial charge in [0.15, 0.2) is 5.96 Å². The molecule has 2 aliphatic rings. The summed E-state index contributed by atoms with van der Waals surface area (Å²) in [6.45, 7) is 9.92. The number of rotatable bonds is 6. The van der Waals surface area contributed by atoms with Gasteiger partial charge in [0, 0.05) is 39.5 Å². The normalized spacial score (nSPS) is 18.8. The van der Waals surface area contributed by atoms with Crippen LogP contribution in [0.3, 0.4) is 0 Å². The predicted octanol–water partition coefficient (Wildman–Crippen LogP) is 4.24. The highest BCUT2D eigenvalue weighted by Crippen LogP contribution is 2.21. The first kappa shape index (κ1) is 25.8. The average molecular weight is 568 g/mol. The molecule has 0 unspecified atom stereocenters. The number of oxazole rings is 1. The number of piperidine rings is 2. The molecular weight excluding hydrogens is 529 g/mol. The maximum atomic E-state index is 6.13. The molecular formula is C25H38IN5O2. The molecule has 1 aromatic heterocycles. The maximum Gasteiger partial charge on any atom is 0.208 e. The van der Waals surface area contributed by atoms with E-state index in [1.807, 2.05) is 51.2 Å². The van der Waals surface area contributed by atoms with Gasteiger partial charge in [-0.05, 0) is 57.8 Å². The number of hydrogen-bond donors (Lipinski definition) is 1. The van der Waals surface area contributed by atoms with Crippen molar-refractivity contribution in [3.63, 3.8) is 0 Å². The minimum Gasteiger partial charge on any atom is -0.490 e. The van der Waals surface area contributed by atoms with Crippen molar-refractivity contribution in [1.82, 2.24) is 20.1 Å². The second-order valence-corrected chi connectivity index (χ2v) is 9.01. The van der Waals surface area contributed by atoms with Crippen molar-refractivity contribution >= 4 is 29.9 Å². The average Bonchev–Trinajstić information content (AvgIpc) is 3.13. The summed E-state index contributed by atoms with van der Waals surface area (Å²) in [5.74, 6) is 4.44. The first-order chi connectivity index (χ1) is 15.6. The second kappa shape index (κ2) is 12.6. The summed E-state index contributed by atoms with van der Waals surface area (Å²) in [5.41, 5.74) is 1.00. The lowest BCUT2D eigenvalue weighted by molar-refractivity contribution is 0.128. The quantitative estimate of drug-likeness (QED) is 0.320. The lowest BCUT2D eigenvalue weighted by atomic mass is 9.97. The number of aryl methyl sites for hydroxylation is 2. The van der Waals surface area contributed by atoms with Crippen molar-refractivity contribution in [3.05, 3.63) is 47.7 Å². The molecule has 33 heavy (non-hydrogen) atoms. The molecule has 7 nitrogen and oxygen atoms in total. The van der Waals surface area contributed by atoms with Gasteiger partial charge in [-0.2, -0.15) is 0 Å². The maximum absolute atomic E-state index is 6.13. The Balaban J connectivity index is 0.00000306. The minimum absolute atomic E-state index is 0. The number of para-hydroxylation sites is 1. The van der Waals surface area contributed by atoms with E-state index < -0.39 is 0 Å². The highest BCUT2D eigenvalue weighted by Gasteiger charge is 2.25. The highest BCUT2D eigenvalue weighted by molar-refractivity contribution is 14.0. The molecule has 0 saturated carbocycles. The SMILES string of the molecule is CN=C(NCC1CCN(Cc2nc(C)c(C)o2)CC1)N1CCC(Oc2ccccc2)CC1.I. The van der Waals surface area contributed by atoms with E-state index >= 15 is 0 Å². The van der Waals surface area contributed by atoms with Gasteiger partial charge in [0.05, 0.1) is 12.2 Å². The Morgan fingerprint density at radius 2 is 1.79 bits per heavy atom. The third kappa shape index (κ3) is 7.34. The molecule has 1 aromatic carbocycles. The van der Waals surface area contributed by atoms with E-state index in [0.29, 0.717) is 5.92 Å². The summed E-state index contributed by atoms with van der Waals surface area (Å²) in [6, 6.07) is 10.1. The zero-order valence-electron chi connectivity index (χ0n) is 20.1. The van der Waals surface area contributed by atoms with Crippen LogP contribution in [-0.4, -0.2) is 66.6 Å². The molecule has 0 radical (unpaired) electrons. The molecule has 0 spiro atoms. The van der Waals surface area contributed by atoms with E-state index in [2.05, 4.69) is 25.1 Å². The van der Waals surface area contributed by atoms with Gasteiger partial charge in [-0.1, -0.05) is 18.2 Å². The van der Waals surface area contributed by atoms with Crippen molar-refractivity contribution in [1.29, 1.82) is 0 Å². The number of benzene rings is 1. The Hall–Kier alpha value is -1.81. The molecule has 2 saturated heterocycles. The third-order valence-corrected chi connectivity index (χ3v) is 6.69. The van der Waals surface area contributed by atoms with Crippen molar-refractivity contribution in [2.24, 2.45) is 10.9 Å². The summed E-state index contributed by atoms with van der Waals surface area (Å²) in [5, 5.41) is 3.63. The van der Waals surface area contributed by atoms with Crippen LogP contribution in [0.4, 0.5) is 0 Å². The fraction of sp³-hybridized carbons (Fsp3) is 0.600. The van der Waals surface area contributed by atoms with Crippen LogP contribution < -0.4 is 10.1 Å². The summed E-state index contributed by atoms with van der Waals surface area (Å²) in [6.07, 6.45) is 4.71. The molecule has 2 aromatic rings. The van der Waals surface area contributed by atoms with Crippen LogP contribution in [0.25, 0.3) is 0 Å². The zero-order valence-corrected chi connectivity index (χ0v) is 22.5.